The molecule has 2 atom stereocenters. The summed E-state index contributed by atoms with van der Waals surface area (Å²) in [5, 5.41) is 23.5. The Morgan fingerprint density at radius 3 is 2.51 bits per heavy atom. The SMILES string of the molecule is CC1(C)C(=CC=C2CCCC(C=CC3=[N+](CCO)C4C=Cc5ccccc5C4C3(C)C)=C2Cl)N(CCO)c2ccc3ccccc3c21. The van der Waals surface area contributed by atoms with Crippen molar-refractivity contribution in [2.45, 2.75) is 64.3 Å². The summed E-state index contributed by atoms with van der Waals surface area (Å²) in [4.78, 5) is 2.28. The number of benzene rings is 3. The minimum absolute atomic E-state index is 0.0808. The maximum absolute atomic E-state index is 10.1. The number of fused-ring (bicyclic) bond motifs is 6. The van der Waals surface area contributed by atoms with Crippen LogP contribution in [0.2, 0.25) is 0 Å². The van der Waals surface area contributed by atoms with E-state index in [-0.39, 0.29) is 30.1 Å². The molecule has 47 heavy (non-hydrogen) atoms. The molecule has 2 heterocycles. The van der Waals surface area contributed by atoms with Crippen molar-refractivity contribution in [1.82, 2.24) is 0 Å². The number of hydrogen-bond donors (Lipinski definition) is 2. The average molecular weight is 646 g/mol. The van der Waals surface area contributed by atoms with Crippen LogP contribution in [-0.4, -0.2) is 52.8 Å². The average Bonchev–Trinajstić information content (AvgIpc) is 3.42. The standard InChI is InChI=1S/C42H46ClN2O2/c1-41(2)36(44(24-26-46)34-20-16-28-10-5-7-14-32(28)38(34)41)22-18-30-12-9-13-31(40(30)43)19-23-37-42(3,4)39-33-15-8-6-11-29(33)17-21-35(39)45(37)25-27-47/h5-8,10-11,14-23,34,38,46-47H,9,12-13,24-27H2,1-4H3/q+1. The first-order valence-electron chi connectivity index (χ1n) is 17.1. The van der Waals surface area contributed by atoms with Gasteiger partial charge in [-0.3, -0.25) is 0 Å². The zero-order valence-electron chi connectivity index (χ0n) is 28.0. The molecule has 2 unspecified atom stereocenters. The number of allylic oxidation sites excluding steroid dienone is 8. The van der Waals surface area contributed by atoms with Gasteiger partial charge in [-0.05, 0) is 89.9 Å². The van der Waals surface area contributed by atoms with Gasteiger partial charge in [0.15, 0.2) is 18.3 Å². The van der Waals surface area contributed by atoms with Gasteiger partial charge in [-0.2, -0.15) is 0 Å². The van der Waals surface area contributed by atoms with Crippen molar-refractivity contribution in [3.8, 4) is 0 Å². The Morgan fingerprint density at radius 2 is 1.70 bits per heavy atom. The largest absolute Gasteiger partial charge is 0.395 e. The summed E-state index contributed by atoms with van der Waals surface area (Å²) in [6.45, 7) is 10.6. The van der Waals surface area contributed by atoms with Crippen molar-refractivity contribution < 1.29 is 14.8 Å². The quantitative estimate of drug-likeness (QED) is 0.253. The second kappa shape index (κ2) is 12.4. The van der Waals surface area contributed by atoms with Crippen LogP contribution in [0.1, 0.15) is 69.6 Å². The van der Waals surface area contributed by atoms with Gasteiger partial charge in [0, 0.05) is 34.5 Å². The van der Waals surface area contributed by atoms with Crippen LogP contribution in [0, 0.1) is 5.41 Å². The van der Waals surface area contributed by atoms with Gasteiger partial charge in [0.05, 0.1) is 17.9 Å². The molecule has 0 fully saturated rings. The molecule has 3 aromatic carbocycles. The Morgan fingerprint density at radius 1 is 0.915 bits per heavy atom. The number of β-amino-alcohol motifs (C(OH)–C–C–N with tert-alkyl or cyclic N) is 2. The highest BCUT2D eigenvalue weighted by Crippen LogP contribution is 2.51. The number of nitrogens with zero attached hydrogens (tertiary/aromatic N) is 2. The van der Waals surface area contributed by atoms with Gasteiger partial charge in [-0.1, -0.05) is 98.3 Å². The lowest BCUT2D eigenvalue weighted by Crippen LogP contribution is -2.32. The minimum Gasteiger partial charge on any atom is -0.395 e. The molecule has 0 saturated heterocycles. The van der Waals surface area contributed by atoms with Crippen molar-refractivity contribution in [3.05, 3.63) is 130 Å². The zero-order chi connectivity index (χ0) is 32.9. The van der Waals surface area contributed by atoms with E-state index in [1.807, 2.05) is 0 Å². The number of hydrogen-bond acceptors (Lipinski definition) is 3. The normalized spacial score (nSPS) is 24.6. The number of aliphatic hydroxyl groups is 2. The number of rotatable bonds is 7. The van der Waals surface area contributed by atoms with Crippen molar-refractivity contribution in [2.75, 3.05) is 31.2 Å². The summed E-state index contributed by atoms with van der Waals surface area (Å²) in [6, 6.07) is 21.9. The number of anilines is 1. The van der Waals surface area contributed by atoms with Gasteiger partial charge in [-0.25, -0.2) is 4.58 Å². The maximum Gasteiger partial charge on any atom is 0.183 e. The Labute approximate surface area is 284 Å². The molecule has 4 nitrogen and oxygen atoms in total. The van der Waals surface area contributed by atoms with E-state index in [2.05, 4.69) is 134 Å². The second-order valence-electron chi connectivity index (χ2n) is 14.4. The Bertz CT molecular complexity index is 1920. The Kier molecular flexibility index (Phi) is 8.41. The molecule has 0 aromatic heterocycles. The third-order valence-electron chi connectivity index (χ3n) is 11.0. The fourth-order valence-corrected chi connectivity index (χ4v) is 9.18. The van der Waals surface area contributed by atoms with Crippen LogP contribution in [0.3, 0.4) is 0 Å². The third kappa shape index (κ3) is 5.26. The molecule has 0 radical (unpaired) electrons. The fraction of sp³-hybridized carbons (Fsp3) is 0.357. The monoisotopic (exact) mass is 645 g/mol. The van der Waals surface area contributed by atoms with Gasteiger partial charge in [-0.15, -0.1) is 0 Å². The lowest BCUT2D eigenvalue weighted by molar-refractivity contribution is -0.550. The van der Waals surface area contributed by atoms with Crippen LogP contribution in [-0.2, 0) is 5.41 Å². The van der Waals surface area contributed by atoms with Gasteiger partial charge >= 0.3 is 0 Å². The van der Waals surface area contributed by atoms with Gasteiger partial charge in [0.25, 0.3) is 0 Å². The van der Waals surface area contributed by atoms with Crippen LogP contribution in [0.5, 0.6) is 0 Å². The molecule has 0 bridgehead atoms. The lowest BCUT2D eigenvalue weighted by Gasteiger charge is -2.30. The molecule has 0 spiro atoms. The first-order chi connectivity index (χ1) is 22.7. The number of aliphatic hydroxyl groups excluding tert-OH is 2. The highest BCUT2D eigenvalue weighted by Gasteiger charge is 2.55. The van der Waals surface area contributed by atoms with Crippen molar-refractivity contribution in [3.63, 3.8) is 0 Å². The van der Waals surface area contributed by atoms with Crippen molar-refractivity contribution >= 4 is 39.8 Å². The van der Waals surface area contributed by atoms with E-state index >= 15 is 0 Å². The molecule has 4 aliphatic rings. The van der Waals surface area contributed by atoms with Crippen LogP contribution in [0.25, 0.3) is 16.8 Å². The topological polar surface area (TPSA) is 46.7 Å². The molecule has 242 valence electrons. The van der Waals surface area contributed by atoms with Crippen LogP contribution in [0.15, 0.2) is 113 Å². The van der Waals surface area contributed by atoms with Crippen LogP contribution < -0.4 is 4.90 Å². The first kappa shape index (κ1) is 31.9. The van der Waals surface area contributed by atoms with Crippen LogP contribution >= 0.6 is 11.6 Å². The lowest BCUT2D eigenvalue weighted by atomic mass is 9.68. The first-order valence-corrected chi connectivity index (χ1v) is 17.5. The van der Waals surface area contributed by atoms with E-state index in [1.54, 1.807) is 0 Å². The molecule has 2 N–H and O–H groups in total. The molecular weight excluding hydrogens is 600 g/mol. The summed E-state index contributed by atoms with van der Waals surface area (Å²) in [6.07, 6.45) is 16.4. The summed E-state index contributed by atoms with van der Waals surface area (Å²) in [5.74, 6) is 0.311. The molecule has 3 aromatic rings. The number of halogens is 1. The predicted octanol–water partition coefficient (Wildman–Crippen LogP) is 8.64. The highest BCUT2D eigenvalue weighted by molar-refractivity contribution is 6.32. The summed E-state index contributed by atoms with van der Waals surface area (Å²) in [5.41, 5.74) is 9.53. The van der Waals surface area contributed by atoms with Gasteiger partial charge in [0.1, 0.15) is 6.61 Å². The molecule has 5 heteroatoms. The van der Waals surface area contributed by atoms with E-state index in [1.165, 1.54) is 44.6 Å². The van der Waals surface area contributed by atoms with E-state index < -0.39 is 0 Å². The Hall–Kier alpha value is -3.70. The molecule has 2 aliphatic heterocycles. The van der Waals surface area contributed by atoms with E-state index in [4.69, 9.17) is 11.6 Å². The smallest absolute Gasteiger partial charge is 0.183 e. The van der Waals surface area contributed by atoms with Gasteiger partial charge in [0.2, 0.25) is 0 Å². The molecule has 0 amide bonds. The molecular formula is C42H46ClN2O2+. The maximum atomic E-state index is 10.1. The summed E-state index contributed by atoms with van der Waals surface area (Å²) >= 11 is 7.22. The fourth-order valence-electron chi connectivity index (χ4n) is 8.86. The van der Waals surface area contributed by atoms with Crippen molar-refractivity contribution in [1.29, 1.82) is 0 Å². The van der Waals surface area contributed by atoms with E-state index in [0.29, 0.717) is 19.0 Å². The predicted molar refractivity (Wildman–Crippen MR) is 196 cm³/mol. The summed E-state index contributed by atoms with van der Waals surface area (Å²) < 4.78 is 2.39. The van der Waals surface area contributed by atoms with E-state index in [0.717, 1.165) is 35.4 Å². The highest BCUT2D eigenvalue weighted by atomic mass is 35.5. The third-order valence-corrected chi connectivity index (χ3v) is 11.5. The van der Waals surface area contributed by atoms with E-state index in [9.17, 15) is 10.2 Å². The molecule has 7 rings (SSSR count). The van der Waals surface area contributed by atoms with Crippen LogP contribution in [0.4, 0.5) is 5.69 Å². The van der Waals surface area contributed by atoms with Crippen molar-refractivity contribution in [2.24, 2.45) is 5.41 Å². The molecule has 0 saturated carbocycles. The van der Waals surface area contributed by atoms with Gasteiger partial charge < -0.3 is 15.1 Å². The Balaban J connectivity index is 1.24. The zero-order valence-corrected chi connectivity index (χ0v) is 28.8. The second-order valence-corrected chi connectivity index (χ2v) is 14.8. The minimum atomic E-state index is -0.235. The molecule has 2 aliphatic carbocycles. The summed E-state index contributed by atoms with van der Waals surface area (Å²) in [7, 11) is 0.